The first-order valence-corrected chi connectivity index (χ1v) is 8.95. The van der Waals surface area contributed by atoms with E-state index < -0.39 is 9.05 Å². The van der Waals surface area contributed by atoms with Crippen molar-refractivity contribution in [1.82, 2.24) is 14.5 Å². The molecule has 1 saturated heterocycles. The number of nitrogens with zero attached hydrogens (tertiary/aromatic N) is 3. The van der Waals surface area contributed by atoms with Crippen molar-refractivity contribution in [1.29, 1.82) is 0 Å². The van der Waals surface area contributed by atoms with Gasteiger partial charge in [-0.25, -0.2) is 13.4 Å². The molecular weight excluding hydrogens is 302 g/mol. The number of hydrogen-bond donors (Lipinski definition) is 0. The van der Waals surface area contributed by atoms with Crippen molar-refractivity contribution >= 4 is 25.6 Å². The number of carbonyl (C=O) groups is 1. The molecule has 0 aliphatic carbocycles. The Morgan fingerprint density at radius 2 is 1.90 bits per heavy atom. The van der Waals surface area contributed by atoms with Crippen LogP contribution in [0.25, 0.3) is 0 Å². The Morgan fingerprint density at radius 3 is 2.40 bits per heavy atom. The predicted octanol–water partition coefficient (Wildman–Crippen LogP) is 1.52. The third kappa shape index (κ3) is 3.73. The van der Waals surface area contributed by atoms with Crippen LogP contribution in [0.4, 0.5) is 0 Å². The van der Waals surface area contributed by atoms with Crippen molar-refractivity contribution in [3.8, 4) is 0 Å². The third-order valence-electron chi connectivity index (χ3n) is 3.47. The Labute approximate surface area is 123 Å². The average Bonchev–Trinajstić information content (AvgIpc) is 2.61. The Morgan fingerprint density at radius 1 is 1.30 bits per heavy atom. The lowest BCUT2D eigenvalue weighted by Crippen LogP contribution is -2.34. The molecule has 1 aliphatic heterocycles. The Hall–Kier alpha value is -1.08. The molecule has 0 N–H and O–H groups in total. The number of amides is 1. The van der Waals surface area contributed by atoms with Crippen LogP contribution in [-0.2, 0) is 20.4 Å². The first kappa shape index (κ1) is 15.3. The second-order valence-electron chi connectivity index (χ2n) is 4.99. The van der Waals surface area contributed by atoms with E-state index in [2.05, 4.69) is 4.98 Å². The fourth-order valence-corrected chi connectivity index (χ4v) is 3.04. The Kier molecular flexibility index (Phi) is 4.70. The van der Waals surface area contributed by atoms with Gasteiger partial charge in [-0.05, 0) is 19.8 Å². The number of halogens is 1. The molecule has 2 heterocycles. The number of hydrogen-bond acceptors (Lipinski definition) is 4. The van der Waals surface area contributed by atoms with E-state index in [9.17, 15) is 13.2 Å². The minimum Gasteiger partial charge on any atom is -0.341 e. The summed E-state index contributed by atoms with van der Waals surface area (Å²) in [5.41, 5.74) is 0. The molecule has 0 saturated carbocycles. The minimum atomic E-state index is -3.86. The maximum atomic E-state index is 12.2. The lowest BCUT2D eigenvalue weighted by atomic mass is 10.2. The lowest BCUT2D eigenvalue weighted by Gasteiger charge is -2.20. The summed E-state index contributed by atoms with van der Waals surface area (Å²) in [6.45, 7) is 3.30. The van der Waals surface area contributed by atoms with E-state index in [0.29, 0.717) is 5.82 Å². The maximum Gasteiger partial charge on any atom is 0.280 e. The maximum absolute atomic E-state index is 12.2. The fraction of sp³-hybridized carbons (Fsp3) is 0.667. The van der Waals surface area contributed by atoms with Gasteiger partial charge in [0.25, 0.3) is 9.05 Å². The number of aromatic nitrogens is 2. The van der Waals surface area contributed by atoms with Crippen molar-refractivity contribution in [2.75, 3.05) is 13.1 Å². The van der Waals surface area contributed by atoms with E-state index >= 15 is 0 Å². The summed E-state index contributed by atoms with van der Waals surface area (Å²) < 4.78 is 24.0. The summed E-state index contributed by atoms with van der Waals surface area (Å²) in [7, 11) is 1.40. The molecule has 0 aromatic carbocycles. The highest BCUT2D eigenvalue weighted by atomic mass is 35.7. The van der Waals surface area contributed by atoms with Gasteiger partial charge in [-0.2, -0.15) is 0 Å². The molecule has 6 nitrogen and oxygen atoms in total. The highest BCUT2D eigenvalue weighted by Gasteiger charge is 2.20. The molecule has 1 aliphatic rings. The van der Waals surface area contributed by atoms with Gasteiger partial charge in [-0.15, -0.1) is 0 Å². The van der Waals surface area contributed by atoms with Crippen LogP contribution in [0.15, 0.2) is 11.2 Å². The minimum absolute atomic E-state index is 0.00841. The molecule has 2 rings (SSSR count). The van der Waals surface area contributed by atoms with Gasteiger partial charge >= 0.3 is 0 Å². The zero-order valence-electron chi connectivity index (χ0n) is 11.4. The van der Waals surface area contributed by atoms with E-state index in [1.807, 2.05) is 4.90 Å². The van der Waals surface area contributed by atoms with E-state index in [1.165, 1.54) is 10.8 Å². The van der Waals surface area contributed by atoms with Crippen LogP contribution in [0.5, 0.6) is 0 Å². The van der Waals surface area contributed by atoms with Crippen LogP contribution in [-0.4, -0.2) is 41.9 Å². The SMILES string of the molecule is Cc1nc(S(=O)(=O)Cl)cn1CC(=O)N1CCCCCC1. The summed E-state index contributed by atoms with van der Waals surface area (Å²) >= 11 is 0. The first-order valence-electron chi connectivity index (χ1n) is 6.64. The molecule has 0 atom stereocenters. The van der Waals surface area contributed by atoms with Gasteiger partial charge in [0, 0.05) is 30.0 Å². The normalized spacial score (nSPS) is 17.0. The number of likely N-dealkylation sites (tertiary alicyclic amines) is 1. The molecule has 0 spiro atoms. The summed E-state index contributed by atoms with van der Waals surface area (Å²) in [6.07, 6.45) is 5.67. The van der Waals surface area contributed by atoms with E-state index in [1.54, 1.807) is 6.92 Å². The molecule has 1 amide bonds. The topological polar surface area (TPSA) is 72.3 Å². The van der Waals surface area contributed by atoms with Crippen molar-refractivity contribution in [3.63, 3.8) is 0 Å². The summed E-state index contributed by atoms with van der Waals surface area (Å²) in [6, 6.07) is 0. The number of aryl methyl sites for hydroxylation is 1. The predicted molar refractivity (Wildman–Crippen MR) is 75.1 cm³/mol. The molecule has 0 unspecified atom stereocenters. The quantitative estimate of drug-likeness (QED) is 0.792. The molecule has 1 aromatic heterocycles. The van der Waals surface area contributed by atoms with Gasteiger partial charge < -0.3 is 9.47 Å². The van der Waals surface area contributed by atoms with Crippen LogP contribution < -0.4 is 0 Å². The number of rotatable bonds is 3. The van der Waals surface area contributed by atoms with Crippen LogP contribution in [0.3, 0.4) is 0 Å². The van der Waals surface area contributed by atoms with Crippen LogP contribution >= 0.6 is 10.7 Å². The monoisotopic (exact) mass is 319 g/mol. The largest absolute Gasteiger partial charge is 0.341 e. The molecule has 20 heavy (non-hydrogen) atoms. The molecule has 0 bridgehead atoms. The van der Waals surface area contributed by atoms with Crippen molar-refractivity contribution < 1.29 is 13.2 Å². The average molecular weight is 320 g/mol. The van der Waals surface area contributed by atoms with E-state index in [4.69, 9.17) is 10.7 Å². The fourth-order valence-electron chi connectivity index (χ4n) is 2.32. The standard InChI is InChI=1S/C12H18ClN3O3S/c1-10-14-11(20(13,18)19)8-16(10)9-12(17)15-6-4-2-3-5-7-15/h8H,2-7,9H2,1H3. The highest BCUT2D eigenvalue weighted by molar-refractivity contribution is 8.13. The highest BCUT2D eigenvalue weighted by Crippen LogP contribution is 2.15. The third-order valence-corrected chi connectivity index (χ3v) is 4.64. The second kappa shape index (κ2) is 6.13. The van der Waals surface area contributed by atoms with Crippen LogP contribution in [0.2, 0.25) is 0 Å². The van der Waals surface area contributed by atoms with Crippen LogP contribution in [0, 0.1) is 6.92 Å². The molecular formula is C12H18ClN3O3S. The molecule has 112 valence electrons. The Balaban J connectivity index is 2.09. The molecule has 8 heteroatoms. The summed E-state index contributed by atoms with van der Waals surface area (Å²) in [5.74, 6) is 0.457. The van der Waals surface area contributed by atoms with Gasteiger partial charge in [-0.1, -0.05) is 12.8 Å². The first-order chi connectivity index (χ1) is 9.38. The van der Waals surface area contributed by atoms with Gasteiger partial charge in [0.2, 0.25) is 5.91 Å². The van der Waals surface area contributed by atoms with Crippen molar-refractivity contribution in [3.05, 3.63) is 12.0 Å². The second-order valence-corrected chi connectivity index (χ2v) is 7.50. The smallest absolute Gasteiger partial charge is 0.280 e. The summed E-state index contributed by atoms with van der Waals surface area (Å²) in [4.78, 5) is 17.9. The van der Waals surface area contributed by atoms with Gasteiger partial charge in [0.1, 0.15) is 12.4 Å². The zero-order chi connectivity index (χ0) is 14.8. The zero-order valence-corrected chi connectivity index (χ0v) is 13.0. The van der Waals surface area contributed by atoms with Gasteiger partial charge in [0.05, 0.1) is 0 Å². The van der Waals surface area contributed by atoms with Crippen LogP contribution in [0.1, 0.15) is 31.5 Å². The Bertz CT molecular complexity index is 589. The lowest BCUT2D eigenvalue weighted by molar-refractivity contribution is -0.131. The van der Waals surface area contributed by atoms with Crippen molar-refractivity contribution in [2.45, 2.75) is 44.2 Å². The van der Waals surface area contributed by atoms with E-state index in [0.717, 1.165) is 38.8 Å². The molecule has 0 radical (unpaired) electrons. The van der Waals surface area contributed by atoms with Gasteiger partial charge in [0.15, 0.2) is 5.03 Å². The molecule has 1 fully saturated rings. The summed E-state index contributed by atoms with van der Waals surface area (Å²) in [5, 5.41) is -0.208. The van der Waals surface area contributed by atoms with Gasteiger partial charge in [-0.3, -0.25) is 4.79 Å². The number of carbonyl (C=O) groups excluding carboxylic acids is 1. The van der Waals surface area contributed by atoms with E-state index in [-0.39, 0.29) is 17.5 Å². The van der Waals surface area contributed by atoms with Crippen molar-refractivity contribution in [2.24, 2.45) is 0 Å². The number of imidazole rings is 1. The molecule has 1 aromatic rings.